The molecule has 2 aliphatic rings. The summed E-state index contributed by atoms with van der Waals surface area (Å²) in [7, 11) is 0. The minimum Gasteiger partial charge on any atom is -0.365 e. The van der Waals surface area contributed by atoms with Crippen molar-refractivity contribution in [3.8, 4) is 0 Å². The largest absolute Gasteiger partial charge is 0.365 e. The van der Waals surface area contributed by atoms with Crippen molar-refractivity contribution in [1.29, 1.82) is 0 Å². The molecule has 20 heavy (non-hydrogen) atoms. The number of hydrogen-bond donors (Lipinski definition) is 1. The number of nitro groups is 1. The van der Waals surface area contributed by atoms with Crippen LogP contribution in [0.2, 0.25) is 0 Å². The van der Waals surface area contributed by atoms with E-state index in [-0.39, 0.29) is 11.7 Å². The molecule has 0 aromatic heterocycles. The first kappa shape index (κ1) is 13.3. The molecule has 1 saturated carbocycles. The van der Waals surface area contributed by atoms with E-state index in [1.807, 2.05) is 4.90 Å². The van der Waals surface area contributed by atoms with Crippen molar-refractivity contribution < 1.29 is 9.31 Å². The molecule has 1 aromatic rings. The van der Waals surface area contributed by atoms with Crippen LogP contribution in [0.4, 0.5) is 15.8 Å². The van der Waals surface area contributed by atoms with Gasteiger partial charge in [0.05, 0.1) is 4.92 Å². The molecule has 1 aliphatic heterocycles. The average molecular weight is 279 g/mol. The van der Waals surface area contributed by atoms with E-state index in [9.17, 15) is 14.5 Å². The number of nitrogens with zero attached hydrogens (tertiary/aromatic N) is 2. The molecule has 2 fully saturated rings. The molecule has 6 heteroatoms. The highest BCUT2D eigenvalue weighted by atomic mass is 19.1. The minimum absolute atomic E-state index is 0.0291. The number of rotatable bonds is 2. The molecule has 2 N–H and O–H groups in total. The van der Waals surface area contributed by atoms with Gasteiger partial charge in [-0.25, -0.2) is 4.39 Å². The SMILES string of the molecule is NC1CCCC2CN(c3cc(F)ccc3[N+](=O)[O-])CC12. The van der Waals surface area contributed by atoms with E-state index in [1.54, 1.807) is 0 Å². The smallest absolute Gasteiger partial charge is 0.292 e. The lowest BCUT2D eigenvalue weighted by molar-refractivity contribution is -0.384. The second-order valence-electron chi connectivity index (χ2n) is 5.81. The van der Waals surface area contributed by atoms with Gasteiger partial charge in [-0.1, -0.05) is 6.42 Å². The standard InChI is InChI=1S/C14H18FN3O2/c15-10-4-5-13(18(19)20)14(6-10)17-7-9-2-1-3-12(16)11(9)8-17/h4-6,9,11-12H,1-3,7-8,16H2. The molecular weight excluding hydrogens is 261 g/mol. The highest BCUT2D eigenvalue weighted by Crippen LogP contribution is 2.40. The van der Waals surface area contributed by atoms with Crippen LogP contribution in [0.5, 0.6) is 0 Å². The maximum absolute atomic E-state index is 13.4. The summed E-state index contributed by atoms with van der Waals surface area (Å²) in [4.78, 5) is 12.6. The van der Waals surface area contributed by atoms with Crippen LogP contribution in [-0.2, 0) is 0 Å². The van der Waals surface area contributed by atoms with E-state index >= 15 is 0 Å². The topological polar surface area (TPSA) is 72.4 Å². The van der Waals surface area contributed by atoms with Crippen molar-refractivity contribution >= 4 is 11.4 Å². The van der Waals surface area contributed by atoms with Gasteiger partial charge in [0.15, 0.2) is 0 Å². The fraction of sp³-hybridized carbons (Fsp3) is 0.571. The molecule has 3 unspecified atom stereocenters. The van der Waals surface area contributed by atoms with Gasteiger partial charge in [0, 0.05) is 31.3 Å². The van der Waals surface area contributed by atoms with Crippen molar-refractivity contribution in [2.45, 2.75) is 25.3 Å². The Kier molecular flexibility index (Phi) is 3.33. The average Bonchev–Trinajstić information content (AvgIpc) is 2.83. The number of anilines is 1. The zero-order chi connectivity index (χ0) is 14.3. The van der Waals surface area contributed by atoms with E-state index in [4.69, 9.17) is 5.73 Å². The third kappa shape index (κ3) is 2.24. The Bertz CT molecular complexity index is 537. The van der Waals surface area contributed by atoms with Crippen molar-refractivity contribution in [2.75, 3.05) is 18.0 Å². The van der Waals surface area contributed by atoms with Crippen LogP contribution in [0.25, 0.3) is 0 Å². The Hall–Kier alpha value is -1.69. The van der Waals surface area contributed by atoms with E-state index < -0.39 is 10.7 Å². The molecule has 0 radical (unpaired) electrons. The Labute approximate surface area is 116 Å². The lowest BCUT2D eigenvalue weighted by Gasteiger charge is -2.29. The van der Waals surface area contributed by atoms with Gasteiger partial charge in [0.25, 0.3) is 5.69 Å². The van der Waals surface area contributed by atoms with Gasteiger partial charge in [-0.05, 0) is 30.7 Å². The monoisotopic (exact) mass is 279 g/mol. The molecule has 5 nitrogen and oxygen atoms in total. The van der Waals surface area contributed by atoms with Crippen molar-refractivity contribution in [3.05, 3.63) is 34.1 Å². The molecule has 108 valence electrons. The van der Waals surface area contributed by atoms with Gasteiger partial charge < -0.3 is 10.6 Å². The van der Waals surface area contributed by atoms with Crippen LogP contribution >= 0.6 is 0 Å². The van der Waals surface area contributed by atoms with Gasteiger partial charge in [0.1, 0.15) is 11.5 Å². The molecule has 0 spiro atoms. The Balaban J connectivity index is 1.90. The molecule has 1 saturated heterocycles. The van der Waals surface area contributed by atoms with Gasteiger partial charge in [-0.15, -0.1) is 0 Å². The summed E-state index contributed by atoms with van der Waals surface area (Å²) in [5, 5.41) is 11.1. The molecule has 1 aromatic carbocycles. The molecule has 0 bridgehead atoms. The first-order chi connectivity index (χ1) is 9.56. The fourth-order valence-electron chi connectivity index (χ4n) is 3.62. The Morgan fingerprint density at radius 2 is 2.15 bits per heavy atom. The zero-order valence-electron chi connectivity index (χ0n) is 11.2. The number of benzene rings is 1. The first-order valence-electron chi connectivity index (χ1n) is 7.00. The molecule has 0 amide bonds. The van der Waals surface area contributed by atoms with Crippen LogP contribution in [0, 0.1) is 27.8 Å². The second kappa shape index (κ2) is 5.01. The molecular formula is C14H18FN3O2. The van der Waals surface area contributed by atoms with Crippen LogP contribution < -0.4 is 10.6 Å². The molecule has 1 aliphatic carbocycles. The molecule has 3 atom stereocenters. The van der Waals surface area contributed by atoms with Gasteiger partial charge in [-0.2, -0.15) is 0 Å². The van der Waals surface area contributed by atoms with Gasteiger partial charge in [0.2, 0.25) is 0 Å². The Morgan fingerprint density at radius 1 is 1.35 bits per heavy atom. The third-order valence-corrected chi connectivity index (χ3v) is 4.63. The highest BCUT2D eigenvalue weighted by molar-refractivity contribution is 5.64. The van der Waals surface area contributed by atoms with Crippen LogP contribution in [-0.4, -0.2) is 24.1 Å². The number of fused-ring (bicyclic) bond motifs is 1. The normalized spacial score (nSPS) is 29.3. The van der Waals surface area contributed by atoms with Crippen molar-refractivity contribution in [3.63, 3.8) is 0 Å². The fourth-order valence-corrected chi connectivity index (χ4v) is 3.62. The predicted molar refractivity (Wildman–Crippen MR) is 74.1 cm³/mol. The van der Waals surface area contributed by atoms with Crippen LogP contribution in [0.3, 0.4) is 0 Å². The Morgan fingerprint density at radius 3 is 2.85 bits per heavy atom. The summed E-state index contributed by atoms with van der Waals surface area (Å²) in [6.07, 6.45) is 3.24. The van der Waals surface area contributed by atoms with E-state index in [0.29, 0.717) is 24.1 Å². The number of nitro benzene ring substituents is 1. The predicted octanol–water partition coefficient (Wildman–Crippen LogP) is 2.30. The summed E-state index contributed by atoms with van der Waals surface area (Å²) < 4.78 is 13.4. The van der Waals surface area contributed by atoms with E-state index in [1.165, 1.54) is 12.1 Å². The summed E-state index contributed by atoms with van der Waals surface area (Å²) >= 11 is 0. The summed E-state index contributed by atoms with van der Waals surface area (Å²) in [6.45, 7) is 1.43. The zero-order valence-corrected chi connectivity index (χ0v) is 11.2. The van der Waals surface area contributed by atoms with E-state index in [2.05, 4.69) is 0 Å². The number of nitrogens with two attached hydrogens (primary N) is 1. The first-order valence-corrected chi connectivity index (χ1v) is 7.00. The number of halogens is 1. The van der Waals surface area contributed by atoms with Crippen LogP contribution in [0.1, 0.15) is 19.3 Å². The minimum atomic E-state index is -0.448. The van der Waals surface area contributed by atoms with Crippen molar-refractivity contribution in [1.82, 2.24) is 0 Å². The summed E-state index contributed by atoms with van der Waals surface area (Å²) in [5.74, 6) is 0.401. The van der Waals surface area contributed by atoms with Gasteiger partial charge in [-0.3, -0.25) is 10.1 Å². The highest BCUT2D eigenvalue weighted by Gasteiger charge is 2.40. The summed E-state index contributed by atoms with van der Waals surface area (Å²) in [6, 6.07) is 3.80. The molecule has 3 rings (SSSR count). The van der Waals surface area contributed by atoms with Crippen LogP contribution in [0.15, 0.2) is 18.2 Å². The third-order valence-electron chi connectivity index (χ3n) is 4.63. The summed E-state index contributed by atoms with van der Waals surface area (Å²) in [5.41, 5.74) is 6.51. The quantitative estimate of drug-likeness (QED) is 0.666. The maximum Gasteiger partial charge on any atom is 0.292 e. The van der Waals surface area contributed by atoms with Crippen molar-refractivity contribution in [2.24, 2.45) is 17.6 Å². The maximum atomic E-state index is 13.4. The van der Waals surface area contributed by atoms with E-state index in [0.717, 1.165) is 31.9 Å². The number of hydrogen-bond acceptors (Lipinski definition) is 4. The lowest BCUT2D eigenvalue weighted by atomic mass is 9.78. The van der Waals surface area contributed by atoms with Gasteiger partial charge >= 0.3 is 0 Å². The lowest BCUT2D eigenvalue weighted by Crippen LogP contribution is -2.38. The molecule has 1 heterocycles. The second-order valence-corrected chi connectivity index (χ2v) is 5.81.